The minimum absolute atomic E-state index is 0.0466. The predicted octanol–water partition coefficient (Wildman–Crippen LogP) is 4.69. The summed E-state index contributed by atoms with van der Waals surface area (Å²) in [5.74, 6) is -0.173. The third kappa shape index (κ3) is 3.79. The molecule has 5 aromatic rings. The van der Waals surface area contributed by atoms with Crippen molar-refractivity contribution < 1.29 is 18.3 Å². The maximum atomic E-state index is 13.5. The summed E-state index contributed by atoms with van der Waals surface area (Å²) in [6.45, 7) is 0.0466. The van der Waals surface area contributed by atoms with Gasteiger partial charge in [-0.05, 0) is 46.2 Å². The van der Waals surface area contributed by atoms with Gasteiger partial charge < -0.3 is 14.2 Å². The minimum Gasteiger partial charge on any atom is -0.465 e. The Labute approximate surface area is 212 Å². The van der Waals surface area contributed by atoms with Gasteiger partial charge in [0.15, 0.2) is 9.84 Å². The van der Waals surface area contributed by atoms with Crippen LogP contribution in [-0.2, 0) is 29.2 Å². The molecule has 0 atom stereocenters. The van der Waals surface area contributed by atoms with Gasteiger partial charge in [-0.25, -0.2) is 13.2 Å². The van der Waals surface area contributed by atoms with Crippen molar-refractivity contribution in [3.05, 3.63) is 94.5 Å². The van der Waals surface area contributed by atoms with Crippen molar-refractivity contribution in [2.75, 3.05) is 11.2 Å². The molecule has 186 valence electrons. The average Bonchev–Trinajstić information content (AvgIpc) is 3.17. The normalized spacial score (nSPS) is 13.1. The van der Waals surface area contributed by atoms with Crippen LogP contribution in [0, 0.1) is 0 Å². The zero-order chi connectivity index (χ0) is 26.1. The Morgan fingerprint density at radius 1 is 0.973 bits per heavy atom. The molecular weight excluding hydrogens is 490 g/mol. The van der Waals surface area contributed by atoms with E-state index in [-0.39, 0.29) is 17.9 Å². The van der Waals surface area contributed by atoms with E-state index in [0.29, 0.717) is 38.8 Å². The van der Waals surface area contributed by atoms with Crippen LogP contribution < -0.4 is 10.5 Å². The lowest BCUT2D eigenvalue weighted by Crippen LogP contribution is -2.28. The van der Waals surface area contributed by atoms with Gasteiger partial charge in [-0.3, -0.25) is 9.69 Å². The lowest BCUT2D eigenvalue weighted by Gasteiger charge is -2.21. The monoisotopic (exact) mass is 513 g/mol. The molecule has 0 spiro atoms. The molecule has 1 N–H and O–H groups in total. The number of hydrogen-bond donors (Lipinski definition) is 1. The van der Waals surface area contributed by atoms with Crippen LogP contribution in [0.3, 0.4) is 0 Å². The lowest BCUT2D eigenvalue weighted by atomic mass is 9.99. The van der Waals surface area contributed by atoms with E-state index in [4.69, 9.17) is 0 Å². The highest BCUT2D eigenvalue weighted by Crippen LogP contribution is 2.42. The van der Waals surface area contributed by atoms with Crippen molar-refractivity contribution in [3.8, 4) is 16.8 Å². The molecule has 6 rings (SSSR count). The number of amides is 1. The third-order valence-corrected chi connectivity index (χ3v) is 7.70. The summed E-state index contributed by atoms with van der Waals surface area (Å²) in [5, 5.41) is 12.9. The fraction of sp³-hybridized carbons (Fsp3) is 0.143. The van der Waals surface area contributed by atoms with Crippen molar-refractivity contribution in [1.29, 1.82) is 0 Å². The number of aryl methyl sites for hydroxylation is 1. The number of fused-ring (bicyclic) bond motifs is 3. The quantitative estimate of drug-likeness (QED) is 0.377. The summed E-state index contributed by atoms with van der Waals surface area (Å²) in [6, 6.07) is 18.9. The van der Waals surface area contributed by atoms with Crippen LogP contribution in [0.1, 0.15) is 11.1 Å². The van der Waals surface area contributed by atoms with Gasteiger partial charge in [0.25, 0.3) is 5.56 Å². The maximum Gasteiger partial charge on any atom is 0.412 e. The highest BCUT2D eigenvalue weighted by Gasteiger charge is 2.29. The van der Waals surface area contributed by atoms with Gasteiger partial charge >= 0.3 is 6.09 Å². The Morgan fingerprint density at radius 2 is 1.73 bits per heavy atom. The number of sulfone groups is 1. The van der Waals surface area contributed by atoms with E-state index in [1.165, 1.54) is 9.47 Å². The van der Waals surface area contributed by atoms with Crippen LogP contribution in [-0.4, -0.2) is 35.0 Å². The second-order valence-electron chi connectivity index (χ2n) is 9.53. The molecule has 1 aliphatic heterocycles. The van der Waals surface area contributed by atoms with E-state index in [1.807, 2.05) is 53.2 Å². The van der Waals surface area contributed by atoms with Crippen LogP contribution in [0.25, 0.3) is 38.5 Å². The molecule has 0 saturated heterocycles. The SMILES string of the molecule is Cn1cc2c3c(cn(-c4ccc5ccccc5c4)c3c1=O)CN(C(=O)O)c1ccc(CS(C)(=O)=O)cc1-2. The van der Waals surface area contributed by atoms with Crippen molar-refractivity contribution in [1.82, 2.24) is 9.13 Å². The molecule has 9 heteroatoms. The van der Waals surface area contributed by atoms with Crippen molar-refractivity contribution >= 4 is 43.3 Å². The Morgan fingerprint density at radius 3 is 2.46 bits per heavy atom. The first-order valence-electron chi connectivity index (χ1n) is 11.6. The average molecular weight is 514 g/mol. The molecule has 2 aromatic heterocycles. The first-order valence-corrected chi connectivity index (χ1v) is 13.7. The second kappa shape index (κ2) is 8.07. The number of pyridine rings is 1. The molecule has 0 aliphatic carbocycles. The van der Waals surface area contributed by atoms with Crippen LogP contribution in [0.4, 0.5) is 10.5 Å². The van der Waals surface area contributed by atoms with E-state index < -0.39 is 15.9 Å². The molecule has 0 fully saturated rings. The number of aromatic nitrogens is 2. The summed E-state index contributed by atoms with van der Waals surface area (Å²) in [7, 11) is -1.65. The highest BCUT2D eigenvalue weighted by molar-refractivity contribution is 7.89. The van der Waals surface area contributed by atoms with Gasteiger partial charge in [0, 0.05) is 47.9 Å². The zero-order valence-electron chi connectivity index (χ0n) is 20.2. The summed E-state index contributed by atoms with van der Waals surface area (Å²) >= 11 is 0. The Kier molecular flexibility index (Phi) is 5.03. The molecular formula is C28H23N3O5S. The molecule has 1 aliphatic rings. The molecule has 0 unspecified atom stereocenters. The summed E-state index contributed by atoms with van der Waals surface area (Å²) in [4.78, 5) is 27.1. The van der Waals surface area contributed by atoms with Crippen LogP contribution >= 0.6 is 0 Å². The molecule has 0 saturated carbocycles. The smallest absolute Gasteiger partial charge is 0.412 e. The van der Waals surface area contributed by atoms with E-state index in [0.717, 1.165) is 22.7 Å². The van der Waals surface area contributed by atoms with Crippen molar-refractivity contribution in [3.63, 3.8) is 0 Å². The molecule has 8 nitrogen and oxygen atoms in total. The molecule has 0 radical (unpaired) electrons. The summed E-state index contributed by atoms with van der Waals surface area (Å²) in [6.07, 6.45) is 3.56. The molecule has 3 aromatic carbocycles. The Bertz CT molecular complexity index is 1940. The number of carboxylic acid groups (broad SMARTS) is 1. The lowest BCUT2D eigenvalue weighted by molar-refractivity contribution is 0.201. The predicted molar refractivity (Wildman–Crippen MR) is 144 cm³/mol. The van der Waals surface area contributed by atoms with Gasteiger partial charge in [0.1, 0.15) is 5.52 Å². The second-order valence-corrected chi connectivity index (χ2v) is 11.7. The summed E-state index contributed by atoms with van der Waals surface area (Å²) in [5.41, 5.74) is 3.95. The molecule has 37 heavy (non-hydrogen) atoms. The number of carbonyl (C=O) groups is 1. The fourth-order valence-electron chi connectivity index (χ4n) is 5.26. The molecule has 0 bridgehead atoms. The van der Waals surface area contributed by atoms with Gasteiger partial charge in [0.2, 0.25) is 0 Å². The number of rotatable bonds is 3. The Hall–Kier alpha value is -4.37. The first-order chi connectivity index (χ1) is 17.6. The Balaban J connectivity index is 1.69. The number of anilines is 1. The van der Waals surface area contributed by atoms with Gasteiger partial charge in [-0.15, -0.1) is 0 Å². The largest absolute Gasteiger partial charge is 0.465 e. The van der Waals surface area contributed by atoms with Crippen molar-refractivity contribution in [2.45, 2.75) is 12.3 Å². The third-order valence-electron chi connectivity index (χ3n) is 6.84. The highest BCUT2D eigenvalue weighted by atomic mass is 32.2. The molecule has 3 heterocycles. The molecule has 1 amide bonds. The standard InChI is InChI=1S/C28H23N3O5S/c1-29-15-23-22-11-17(16-37(2,35)36)7-10-24(22)31(28(33)34)14-20-13-30(26(25(20)23)27(29)32)21-9-8-18-5-3-4-6-19(18)12-21/h3-13,15H,14,16H2,1-2H3,(H,33,34). The zero-order valence-corrected chi connectivity index (χ0v) is 21.0. The van der Waals surface area contributed by atoms with E-state index in [9.17, 15) is 23.1 Å². The van der Waals surface area contributed by atoms with E-state index >= 15 is 0 Å². The van der Waals surface area contributed by atoms with Gasteiger partial charge in [-0.2, -0.15) is 0 Å². The van der Waals surface area contributed by atoms with Crippen LogP contribution in [0.5, 0.6) is 0 Å². The van der Waals surface area contributed by atoms with E-state index in [2.05, 4.69) is 0 Å². The minimum atomic E-state index is -3.31. The van der Waals surface area contributed by atoms with Crippen LogP contribution in [0.15, 0.2) is 77.9 Å². The topological polar surface area (TPSA) is 102 Å². The summed E-state index contributed by atoms with van der Waals surface area (Å²) < 4.78 is 27.3. The van der Waals surface area contributed by atoms with Gasteiger partial charge in [0.05, 0.1) is 18.0 Å². The maximum absolute atomic E-state index is 13.5. The van der Waals surface area contributed by atoms with Gasteiger partial charge in [-0.1, -0.05) is 36.4 Å². The van der Waals surface area contributed by atoms with E-state index in [1.54, 1.807) is 31.4 Å². The number of benzene rings is 3. The first kappa shape index (κ1) is 23.1. The van der Waals surface area contributed by atoms with Crippen molar-refractivity contribution in [2.24, 2.45) is 7.05 Å². The van der Waals surface area contributed by atoms with Crippen LogP contribution in [0.2, 0.25) is 0 Å². The number of nitrogens with zero attached hydrogens (tertiary/aromatic N) is 3. The fourth-order valence-corrected chi connectivity index (χ4v) is 6.04. The number of hydrogen-bond acceptors (Lipinski definition) is 4.